The van der Waals surface area contributed by atoms with Crippen molar-refractivity contribution in [1.82, 2.24) is 4.57 Å². The minimum absolute atomic E-state index is 0.130. The van der Waals surface area contributed by atoms with Gasteiger partial charge in [0.25, 0.3) is 0 Å². The third kappa shape index (κ3) is 2.52. The summed E-state index contributed by atoms with van der Waals surface area (Å²) in [6.45, 7) is 2.57. The number of aromatic nitrogens is 1. The fourth-order valence-electron chi connectivity index (χ4n) is 3.66. The highest BCUT2D eigenvalue weighted by Crippen LogP contribution is 2.41. The number of hydrogen-bond acceptors (Lipinski definition) is 4. The molecule has 1 aliphatic rings. The van der Waals surface area contributed by atoms with Crippen molar-refractivity contribution < 1.29 is 19.4 Å². The van der Waals surface area contributed by atoms with E-state index in [2.05, 4.69) is 17.6 Å². The van der Waals surface area contributed by atoms with Crippen LogP contribution in [0, 0.1) is 6.92 Å². The Morgan fingerprint density at radius 3 is 2.72 bits per heavy atom. The predicted molar refractivity (Wildman–Crippen MR) is 92.7 cm³/mol. The van der Waals surface area contributed by atoms with Crippen LogP contribution in [-0.2, 0) is 11.3 Å². The van der Waals surface area contributed by atoms with Crippen LogP contribution in [0.15, 0.2) is 42.5 Å². The maximum Gasteiger partial charge on any atom is 0.144 e. The molecule has 3 aromatic rings. The zero-order chi connectivity index (χ0) is 17.6. The number of carboxylic acid groups (broad SMARTS) is 1. The summed E-state index contributed by atoms with van der Waals surface area (Å²) in [4.78, 5) is 11.0. The second-order valence-electron chi connectivity index (χ2n) is 6.28. The zero-order valence-corrected chi connectivity index (χ0v) is 14.1. The normalized spacial score (nSPS) is 15.8. The Morgan fingerprint density at radius 1 is 1.28 bits per heavy atom. The molecule has 5 nitrogen and oxygen atoms in total. The molecule has 1 aromatic heterocycles. The van der Waals surface area contributed by atoms with Gasteiger partial charge in [0.1, 0.15) is 17.6 Å². The van der Waals surface area contributed by atoms with Crippen LogP contribution in [0.25, 0.3) is 22.2 Å². The maximum absolute atomic E-state index is 11.0. The standard InChI is InChI=1S/C20H19NO4/c1-12-16-4-3-5-17-20(16)21(11-15(25-17)10-18(22)23)19(12)13-6-8-14(24-2)9-7-13/h3-9,15H,10-11H2,1-2H3,(H,22,23)/p-1. The quantitative estimate of drug-likeness (QED) is 0.734. The maximum atomic E-state index is 11.0. The molecule has 2 heterocycles. The van der Waals surface area contributed by atoms with Crippen LogP contribution in [0.3, 0.4) is 0 Å². The van der Waals surface area contributed by atoms with E-state index >= 15 is 0 Å². The number of carbonyl (C=O) groups is 1. The number of hydrogen-bond donors (Lipinski definition) is 0. The highest BCUT2D eigenvalue weighted by Gasteiger charge is 2.27. The number of rotatable bonds is 4. The van der Waals surface area contributed by atoms with Gasteiger partial charge in [-0.05, 0) is 48.4 Å². The molecule has 2 aromatic carbocycles. The van der Waals surface area contributed by atoms with Gasteiger partial charge in [0.05, 0.1) is 24.9 Å². The molecular formula is C20H18NO4-. The first-order valence-corrected chi connectivity index (χ1v) is 8.21. The lowest BCUT2D eigenvalue weighted by atomic mass is 10.1. The molecule has 1 aliphatic heterocycles. The molecule has 0 saturated heterocycles. The minimum atomic E-state index is -1.10. The van der Waals surface area contributed by atoms with Gasteiger partial charge >= 0.3 is 0 Å². The van der Waals surface area contributed by atoms with Gasteiger partial charge in [-0.1, -0.05) is 12.1 Å². The van der Waals surface area contributed by atoms with Crippen LogP contribution >= 0.6 is 0 Å². The number of para-hydroxylation sites is 1. The number of ether oxygens (including phenoxy) is 2. The number of aryl methyl sites for hydroxylation is 1. The molecule has 4 rings (SSSR count). The van der Waals surface area contributed by atoms with Crippen molar-refractivity contribution in [2.24, 2.45) is 0 Å². The fourth-order valence-corrected chi connectivity index (χ4v) is 3.66. The van der Waals surface area contributed by atoms with Crippen molar-refractivity contribution in [2.75, 3.05) is 7.11 Å². The van der Waals surface area contributed by atoms with E-state index < -0.39 is 12.1 Å². The summed E-state index contributed by atoms with van der Waals surface area (Å²) < 4.78 is 13.3. The van der Waals surface area contributed by atoms with Gasteiger partial charge in [0.15, 0.2) is 0 Å². The molecule has 0 N–H and O–H groups in total. The molecule has 0 radical (unpaired) electrons. The summed E-state index contributed by atoms with van der Waals surface area (Å²) in [5.41, 5.74) is 4.31. The van der Waals surface area contributed by atoms with Crippen molar-refractivity contribution in [2.45, 2.75) is 26.0 Å². The third-order valence-corrected chi connectivity index (χ3v) is 4.74. The first kappa shape index (κ1) is 15.6. The fraction of sp³-hybridized carbons (Fsp3) is 0.250. The van der Waals surface area contributed by atoms with E-state index in [1.54, 1.807) is 7.11 Å². The molecule has 0 aliphatic carbocycles. The number of carbonyl (C=O) groups excluding carboxylic acids is 1. The summed E-state index contributed by atoms with van der Waals surface area (Å²) >= 11 is 0. The number of nitrogens with zero attached hydrogens (tertiary/aromatic N) is 1. The van der Waals surface area contributed by atoms with E-state index in [1.807, 2.05) is 36.4 Å². The number of benzene rings is 2. The zero-order valence-electron chi connectivity index (χ0n) is 14.1. The number of methoxy groups -OCH3 is 1. The van der Waals surface area contributed by atoms with E-state index in [9.17, 15) is 9.90 Å². The second kappa shape index (κ2) is 5.84. The summed E-state index contributed by atoms with van der Waals surface area (Å²) in [7, 11) is 1.64. The largest absolute Gasteiger partial charge is 0.550 e. The molecule has 0 bridgehead atoms. The van der Waals surface area contributed by atoms with Crippen molar-refractivity contribution in [3.63, 3.8) is 0 Å². The Labute approximate surface area is 145 Å². The van der Waals surface area contributed by atoms with Gasteiger partial charge in [-0.3, -0.25) is 0 Å². The van der Waals surface area contributed by atoms with Crippen molar-refractivity contribution >= 4 is 16.9 Å². The van der Waals surface area contributed by atoms with Crippen LogP contribution in [0.4, 0.5) is 0 Å². The van der Waals surface area contributed by atoms with E-state index in [0.29, 0.717) is 6.54 Å². The molecule has 0 spiro atoms. The molecular weight excluding hydrogens is 318 g/mol. The first-order valence-electron chi connectivity index (χ1n) is 8.21. The van der Waals surface area contributed by atoms with Crippen LogP contribution < -0.4 is 14.6 Å². The van der Waals surface area contributed by atoms with Gasteiger partial charge in [0, 0.05) is 17.8 Å². The van der Waals surface area contributed by atoms with E-state index in [0.717, 1.165) is 39.2 Å². The highest BCUT2D eigenvalue weighted by atomic mass is 16.5. The summed E-state index contributed by atoms with van der Waals surface area (Å²) in [6.07, 6.45) is -0.568. The van der Waals surface area contributed by atoms with E-state index in [4.69, 9.17) is 9.47 Å². The monoisotopic (exact) mass is 336 g/mol. The summed E-state index contributed by atoms with van der Waals surface area (Å²) in [6, 6.07) is 13.8. The Balaban J connectivity index is 1.90. The topological polar surface area (TPSA) is 63.5 Å². The van der Waals surface area contributed by atoms with E-state index in [1.165, 1.54) is 0 Å². The third-order valence-electron chi connectivity index (χ3n) is 4.74. The van der Waals surface area contributed by atoms with Crippen molar-refractivity contribution in [3.8, 4) is 22.8 Å². The Kier molecular flexibility index (Phi) is 3.64. The Hall–Kier alpha value is -2.95. The molecule has 0 amide bonds. The molecule has 5 heteroatoms. The van der Waals surface area contributed by atoms with Gasteiger partial charge in [-0.2, -0.15) is 0 Å². The molecule has 0 saturated carbocycles. The Morgan fingerprint density at radius 2 is 2.04 bits per heavy atom. The van der Waals surface area contributed by atoms with Gasteiger partial charge in [0.2, 0.25) is 0 Å². The number of carboxylic acids is 1. The molecule has 1 unspecified atom stereocenters. The molecule has 0 fully saturated rings. The van der Waals surface area contributed by atoms with E-state index in [-0.39, 0.29) is 6.42 Å². The predicted octanol–water partition coefficient (Wildman–Crippen LogP) is 2.53. The van der Waals surface area contributed by atoms with Crippen LogP contribution in [-0.4, -0.2) is 23.8 Å². The minimum Gasteiger partial charge on any atom is -0.550 e. The molecule has 128 valence electrons. The first-order chi connectivity index (χ1) is 12.1. The second-order valence-corrected chi connectivity index (χ2v) is 6.28. The average molecular weight is 336 g/mol. The molecule has 25 heavy (non-hydrogen) atoms. The highest BCUT2D eigenvalue weighted by molar-refractivity contribution is 5.95. The Bertz CT molecular complexity index is 956. The van der Waals surface area contributed by atoms with Crippen LogP contribution in [0.1, 0.15) is 12.0 Å². The van der Waals surface area contributed by atoms with Crippen molar-refractivity contribution in [1.29, 1.82) is 0 Å². The van der Waals surface area contributed by atoms with Gasteiger partial charge in [-0.25, -0.2) is 0 Å². The number of aliphatic carboxylic acids is 1. The van der Waals surface area contributed by atoms with Crippen LogP contribution in [0.2, 0.25) is 0 Å². The SMILES string of the molecule is COc1ccc(-c2c(C)c3cccc4c3n2CC(CC(=O)[O-])O4)cc1. The summed E-state index contributed by atoms with van der Waals surface area (Å²) in [5, 5.41) is 12.2. The lowest BCUT2D eigenvalue weighted by Crippen LogP contribution is -2.35. The van der Waals surface area contributed by atoms with Gasteiger partial charge < -0.3 is 23.9 Å². The van der Waals surface area contributed by atoms with Crippen molar-refractivity contribution in [3.05, 3.63) is 48.0 Å². The van der Waals surface area contributed by atoms with Gasteiger partial charge in [-0.15, -0.1) is 0 Å². The lowest BCUT2D eigenvalue weighted by Gasteiger charge is -2.27. The van der Waals surface area contributed by atoms with Crippen LogP contribution in [0.5, 0.6) is 11.5 Å². The summed E-state index contributed by atoms with van der Waals surface area (Å²) in [5.74, 6) is 0.420. The smallest absolute Gasteiger partial charge is 0.144 e. The molecule has 1 atom stereocenters. The lowest BCUT2D eigenvalue weighted by molar-refractivity contribution is -0.307. The average Bonchev–Trinajstić information content (AvgIpc) is 2.88.